The number of hydrogen-bond acceptors (Lipinski definition) is 1. The molecule has 0 atom stereocenters. The van der Waals surface area contributed by atoms with Crippen LogP contribution in [0.2, 0.25) is 0 Å². The van der Waals surface area contributed by atoms with Gasteiger partial charge in [-0.2, -0.15) is 0 Å². The summed E-state index contributed by atoms with van der Waals surface area (Å²) in [6.45, 7) is 2.24. The fourth-order valence-corrected chi connectivity index (χ4v) is 2.06. The zero-order valence-electron chi connectivity index (χ0n) is 10.4. The van der Waals surface area contributed by atoms with Crippen molar-refractivity contribution in [2.45, 2.75) is 32.6 Å². The van der Waals surface area contributed by atoms with Gasteiger partial charge in [0.15, 0.2) is 0 Å². The average molecular weight is 225 g/mol. The molecule has 0 unspecified atom stereocenters. The second-order valence-electron chi connectivity index (χ2n) is 4.33. The first-order valence-electron chi connectivity index (χ1n) is 6.41. The highest BCUT2D eigenvalue weighted by Crippen LogP contribution is 2.22. The first-order valence-corrected chi connectivity index (χ1v) is 6.41. The average Bonchev–Trinajstić information content (AvgIpc) is 2.41. The molecule has 0 fully saturated rings. The molecule has 17 heavy (non-hydrogen) atoms. The van der Waals surface area contributed by atoms with Crippen molar-refractivity contribution in [3.8, 4) is 11.3 Å². The lowest BCUT2D eigenvalue weighted by Crippen LogP contribution is -1.93. The number of pyridine rings is 1. The van der Waals surface area contributed by atoms with E-state index in [0.717, 1.165) is 12.1 Å². The molecule has 88 valence electrons. The molecule has 0 N–H and O–H groups in total. The van der Waals surface area contributed by atoms with Crippen LogP contribution in [0.25, 0.3) is 11.3 Å². The third kappa shape index (κ3) is 3.16. The van der Waals surface area contributed by atoms with Crippen LogP contribution in [0.1, 0.15) is 31.7 Å². The molecule has 1 heteroatoms. The fraction of sp³-hybridized carbons (Fsp3) is 0.312. The number of rotatable bonds is 5. The van der Waals surface area contributed by atoms with Crippen LogP contribution in [0, 0.1) is 0 Å². The Balaban J connectivity index is 2.22. The first kappa shape index (κ1) is 11.8. The summed E-state index contributed by atoms with van der Waals surface area (Å²) in [6.07, 6.45) is 6.82. The molecule has 0 saturated heterocycles. The number of nitrogens with zero attached hydrogens (tertiary/aromatic N) is 1. The number of unbranched alkanes of at least 4 members (excludes halogenated alkanes) is 2. The molecule has 0 amide bonds. The Kier molecular flexibility index (Phi) is 4.31. The third-order valence-electron chi connectivity index (χ3n) is 2.99. The van der Waals surface area contributed by atoms with Crippen LogP contribution in [0.3, 0.4) is 0 Å². The smallest absolute Gasteiger partial charge is 0.0733 e. The van der Waals surface area contributed by atoms with E-state index in [0.29, 0.717) is 0 Å². The molecule has 0 bridgehead atoms. The molecule has 0 spiro atoms. The van der Waals surface area contributed by atoms with Crippen LogP contribution >= 0.6 is 0 Å². The van der Waals surface area contributed by atoms with Gasteiger partial charge in [0.25, 0.3) is 0 Å². The van der Waals surface area contributed by atoms with Gasteiger partial charge in [0, 0.05) is 11.8 Å². The highest BCUT2D eigenvalue weighted by molar-refractivity contribution is 5.62. The Bertz CT molecular complexity index is 448. The van der Waals surface area contributed by atoms with Crippen LogP contribution in [0.5, 0.6) is 0 Å². The van der Waals surface area contributed by atoms with E-state index in [9.17, 15) is 0 Å². The lowest BCUT2D eigenvalue weighted by Gasteiger charge is -2.08. The maximum absolute atomic E-state index is 4.53. The summed E-state index contributed by atoms with van der Waals surface area (Å²) in [6, 6.07) is 14.7. The van der Waals surface area contributed by atoms with Gasteiger partial charge in [-0.05, 0) is 24.5 Å². The van der Waals surface area contributed by atoms with Crippen molar-refractivity contribution in [2.24, 2.45) is 0 Å². The van der Waals surface area contributed by atoms with E-state index in [1.165, 1.54) is 30.4 Å². The van der Waals surface area contributed by atoms with Gasteiger partial charge in [-0.25, -0.2) is 0 Å². The van der Waals surface area contributed by atoms with Crippen molar-refractivity contribution in [3.63, 3.8) is 0 Å². The summed E-state index contributed by atoms with van der Waals surface area (Å²) in [5, 5.41) is 0. The monoisotopic (exact) mass is 225 g/mol. The number of aromatic nitrogens is 1. The van der Waals surface area contributed by atoms with Crippen molar-refractivity contribution in [1.82, 2.24) is 4.98 Å². The molecule has 0 aliphatic heterocycles. The fourth-order valence-electron chi connectivity index (χ4n) is 2.06. The topological polar surface area (TPSA) is 12.9 Å². The van der Waals surface area contributed by atoms with Crippen molar-refractivity contribution in [1.29, 1.82) is 0 Å². The highest BCUT2D eigenvalue weighted by Gasteiger charge is 2.04. The van der Waals surface area contributed by atoms with E-state index >= 15 is 0 Å². The third-order valence-corrected chi connectivity index (χ3v) is 2.99. The molecule has 1 heterocycles. The Labute approximate surface area is 104 Å². The lowest BCUT2D eigenvalue weighted by atomic mass is 10.0. The Morgan fingerprint density at radius 2 is 1.76 bits per heavy atom. The normalized spacial score (nSPS) is 10.4. The van der Waals surface area contributed by atoms with E-state index < -0.39 is 0 Å². The molecule has 1 aromatic carbocycles. The molecule has 1 nitrogen and oxygen atoms in total. The Morgan fingerprint density at radius 3 is 2.53 bits per heavy atom. The maximum atomic E-state index is 4.53. The van der Waals surface area contributed by atoms with Crippen LogP contribution < -0.4 is 0 Å². The standard InChI is InChI=1S/C16H19N/c1-2-3-5-9-15-12-8-13-17-16(15)14-10-6-4-7-11-14/h4,6-8,10-13H,2-3,5,9H2,1H3. The van der Waals surface area contributed by atoms with Crippen molar-refractivity contribution in [2.75, 3.05) is 0 Å². The molecule has 0 saturated carbocycles. The predicted molar refractivity (Wildman–Crippen MR) is 72.9 cm³/mol. The van der Waals surface area contributed by atoms with E-state index in [2.05, 4.69) is 42.2 Å². The van der Waals surface area contributed by atoms with Gasteiger partial charge in [0.2, 0.25) is 0 Å². The van der Waals surface area contributed by atoms with Gasteiger partial charge in [-0.15, -0.1) is 0 Å². The molecule has 0 radical (unpaired) electrons. The summed E-state index contributed by atoms with van der Waals surface area (Å²) in [7, 11) is 0. The van der Waals surface area contributed by atoms with Crippen molar-refractivity contribution >= 4 is 0 Å². The summed E-state index contributed by atoms with van der Waals surface area (Å²) in [4.78, 5) is 4.53. The van der Waals surface area contributed by atoms with Gasteiger partial charge < -0.3 is 0 Å². The predicted octanol–water partition coefficient (Wildman–Crippen LogP) is 4.48. The second kappa shape index (κ2) is 6.19. The van der Waals surface area contributed by atoms with E-state index in [-0.39, 0.29) is 0 Å². The van der Waals surface area contributed by atoms with Crippen molar-refractivity contribution in [3.05, 3.63) is 54.2 Å². The van der Waals surface area contributed by atoms with Crippen molar-refractivity contribution < 1.29 is 0 Å². The minimum Gasteiger partial charge on any atom is -0.256 e. The zero-order chi connectivity index (χ0) is 11.9. The zero-order valence-corrected chi connectivity index (χ0v) is 10.4. The minimum atomic E-state index is 1.13. The molecule has 0 aliphatic carbocycles. The largest absolute Gasteiger partial charge is 0.256 e. The quantitative estimate of drug-likeness (QED) is 0.684. The highest BCUT2D eigenvalue weighted by atomic mass is 14.7. The van der Waals surface area contributed by atoms with Gasteiger partial charge in [0.05, 0.1) is 5.69 Å². The van der Waals surface area contributed by atoms with Crippen LogP contribution in [0.15, 0.2) is 48.7 Å². The summed E-state index contributed by atoms with van der Waals surface area (Å²) in [5.41, 5.74) is 3.73. The lowest BCUT2D eigenvalue weighted by molar-refractivity contribution is 0.717. The molecular weight excluding hydrogens is 206 g/mol. The van der Waals surface area contributed by atoms with E-state index in [4.69, 9.17) is 0 Å². The summed E-state index contributed by atoms with van der Waals surface area (Å²) in [5.74, 6) is 0. The van der Waals surface area contributed by atoms with Gasteiger partial charge in [-0.1, -0.05) is 56.2 Å². The Hall–Kier alpha value is -1.63. The Morgan fingerprint density at radius 1 is 0.941 bits per heavy atom. The van der Waals surface area contributed by atoms with Gasteiger partial charge in [0.1, 0.15) is 0 Å². The summed E-state index contributed by atoms with van der Waals surface area (Å²) < 4.78 is 0. The molecular formula is C16H19N. The number of benzene rings is 1. The van der Waals surface area contributed by atoms with E-state index in [1.54, 1.807) is 0 Å². The minimum absolute atomic E-state index is 1.13. The molecule has 2 rings (SSSR count). The second-order valence-corrected chi connectivity index (χ2v) is 4.33. The van der Waals surface area contributed by atoms with Gasteiger partial charge in [-0.3, -0.25) is 4.98 Å². The first-order chi connectivity index (χ1) is 8.42. The van der Waals surface area contributed by atoms with E-state index in [1.807, 2.05) is 18.3 Å². The van der Waals surface area contributed by atoms with Crippen LogP contribution in [-0.2, 0) is 6.42 Å². The number of hydrogen-bond donors (Lipinski definition) is 0. The molecule has 2 aromatic rings. The van der Waals surface area contributed by atoms with Crippen LogP contribution in [0.4, 0.5) is 0 Å². The van der Waals surface area contributed by atoms with Gasteiger partial charge >= 0.3 is 0 Å². The number of aryl methyl sites for hydroxylation is 1. The summed E-state index contributed by atoms with van der Waals surface area (Å²) >= 11 is 0. The molecule has 0 aliphatic rings. The SMILES string of the molecule is CCCCCc1cccnc1-c1ccccc1. The molecule has 1 aromatic heterocycles. The van der Waals surface area contributed by atoms with Crippen LogP contribution in [-0.4, -0.2) is 4.98 Å². The maximum Gasteiger partial charge on any atom is 0.0733 e.